The van der Waals surface area contributed by atoms with Crippen molar-refractivity contribution in [3.05, 3.63) is 35.9 Å². The molecule has 27 heavy (non-hydrogen) atoms. The second kappa shape index (κ2) is 9.74. The van der Waals surface area contributed by atoms with Gasteiger partial charge in [-0.3, -0.25) is 4.79 Å². The van der Waals surface area contributed by atoms with Crippen molar-refractivity contribution >= 4 is 12.1 Å². The van der Waals surface area contributed by atoms with E-state index in [2.05, 4.69) is 10.2 Å². The number of rotatable bonds is 7. The summed E-state index contributed by atoms with van der Waals surface area (Å²) >= 11 is 0. The lowest BCUT2D eigenvalue weighted by Gasteiger charge is -2.27. The van der Waals surface area contributed by atoms with Gasteiger partial charge >= 0.3 is 12.1 Å². The van der Waals surface area contributed by atoms with Crippen molar-refractivity contribution in [3.63, 3.8) is 0 Å². The predicted molar refractivity (Wildman–Crippen MR) is 106 cm³/mol. The Balaban J connectivity index is 2.73. The number of alkyl carbamates (subject to hydrolysis) is 1. The molecule has 0 fully saturated rings. The van der Waals surface area contributed by atoms with Crippen molar-refractivity contribution in [2.45, 2.75) is 71.8 Å². The topological polar surface area (TPSA) is 67.9 Å². The maximum atomic E-state index is 12.2. The molecular weight excluding hydrogens is 344 g/mol. The van der Waals surface area contributed by atoms with Gasteiger partial charge in [0.15, 0.2) is 0 Å². The number of carbonyl (C=O) groups is 2. The van der Waals surface area contributed by atoms with Gasteiger partial charge in [0.05, 0.1) is 12.5 Å². The molecule has 0 saturated carbocycles. The molecular formula is C21H34N2O4. The van der Waals surface area contributed by atoms with E-state index in [-0.39, 0.29) is 12.4 Å². The Morgan fingerprint density at radius 3 is 2.07 bits per heavy atom. The summed E-state index contributed by atoms with van der Waals surface area (Å²) in [6.45, 7) is 12.1. The molecule has 1 atom stereocenters. The Labute approximate surface area is 163 Å². The number of hydrogen-bond donors (Lipinski definition) is 1. The zero-order valence-corrected chi connectivity index (χ0v) is 17.7. The molecule has 0 radical (unpaired) electrons. The van der Waals surface area contributed by atoms with Crippen LogP contribution >= 0.6 is 0 Å². The van der Waals surface area contributed by atoms with Gasteiger partial charge in [0.1, 0.15) is 11.2 Å². The average Bonchev–Trinajstić information content (AvgIpc) is 2.43. The molecule has 0 spiro atoms. The lowest BCUT2D eigenvalue weighted by molar-refractivity contribution is -0.155. The van der Waals surface area contributed by atoms with E-state index >= 15 is 0 Å². The molecule has 0 aliphatic rings. The minimum absolute atomic E-state index is 0.0790. The first-order valence-electron chi connectivity index (χ1n) is 9.28. The highest BCUT2D eigenvalue weighted by molar-refractivity contribution is 5.73. The molecule has 0 heterocycles. The number of nitrogens with zero attached hydrogens (tertiary/aromatic N) is 1. The van der Waals surface area contributed by atoms with Crippen molar-refractivity contribution < 1.29 is 19.1 Å². The Morgan fingerprint density at radius 1 is 1.00 bits per heavy atom. The first kappa shape index (κ1) is 23.0. The first-order valence-corrected chi connectivity index (χ1v) is 9.28. The molecule has 1 aromatic rings. The van der Waals surface area contributed by atoms with E-state index in [1.807, 2.05) is 58.2 Å². The number of nitrogens with one attached hydrogen (secondary N) is 1. The minimum Gasteiger partial charge on any atom is -0.460 e. The third-order valence-corrected chi connectivity index (χ3v) is 3.38. The summed E-state index contributed by atoms with van der Waals surface area (Å²) in [5, 5.41) is 2.80. The zero-order chi connectivity index (χ0) is 20.7. The van der Waals surface area contributed by atoms with Crippen LogP contribution < -0.4 is 5.32 Å². The van der Waals surface area contributed by atoms with Gasteiger partial charge in [-0.05, 0) is 54.2 Å². The molecule has 0 aliphatic heterocycles. The highest BCUT2D eigenvalue weighted by Gasteiger charge is 2.25. The average molecular weight is 379 g/mol. The van der Waals surface area contributed by atoms with Gasteiger partial charge in [-0.25, -0.2) is 4.79 Å². The van der Waals surface area contributed by atoms with Crippen molar-refractivity contribution in [2.75, 3.05) is 13.6 Å². The first-order chi connectivity index (χ1) is 12.3. The van der Waals surface area contributed by atoms with Crippen LogP contribution in [0.25, 0.3) is 0 Å². The second-order valence-corrected chi connectivity index (χ2v) is 8.82. The summed E-state index contributed by atoms with van der Waals surface area (Å²) in [6, 6.07) is 9.62. The maximum absolute atomic E-state index is 12.2. The number of esters is 1. The fourth-order valence-electron chi connectivity index (χ4n) is 2.56. The molecule has 152 valence electrons. The van der Waals surface area contributed by atoms with Crippen LogP contribution in [0.15, 0.2) is 30.3 Å². The maximum Gasteiger partial charge on any atom is 0.407 e. The van der Waals surface area contributed by atoms with Crippen LogP contribution in [0.5, 0.6) is 0 Å². The molecule has 0 aliphatic carbocycles. The van der Waals surface area contributed by atoms with Gasteiger partial charge in [-0.2, -0.15) is 0 Å². The monoisotopic (exact) mass is 378 g/mol. The van der Waals surface area contributed by atoms with Crippen molar-refractivity contribution in [3.8, 4) is 0 Å². The largest absolute Gasteiger partial charge is 0.460 e. The van der Waals surface area contributed by atoms with Crippen LogP contribution in [0, 0.1) is 0 Å². The van der Waals surface area contributed by atoms with Gasteiger partial charge in [-0.15, -0.1) is 0 Å². The smallest absolute Gasteiger partial charge is 0.407 e. The summed E-state index contributed by atoms with van der Waals surface area (Å²) in [5.41, 5.74) is -0.00623. The summed E-state index contributed by atoms with van der Waals surface area (Å²) < 4.78 is 10.7. The Bertz CT molecular complexity index is 573. The number of hydrogen-bond acceptors (Lipinski definition) is 5. The zero-order valence-electron chi connectivity index (χ0n) is 17.7. The fraction of sp³-hybridized carbons (Fsp3) is 0.619. The minimum atomic E-state index is -0.601. The Hall–Kier alpha value is -2.08. The normalized spacial score (nSPS) is 13.2. The molecule has 1 aromatic carbocycles. The quantitative estimate of drug-likeness (QED) is 0.732. The number of benzene rings is 1. The van der Waals surface area contributed by atoms with Crippen molar-refractivity contribution in [1.82, 2.24) is 10.2 Å². The summed E-state index contributed by atoms with van der Waals surface area (Å²) in [6.07, 6.45) is -0.459. The van der Waals surface area contributed by atoms with E-state index in [0.29, 0.717) is 13.1 Å². The second-order valence-electron chi connectivity index (χ2n) is 8.82. The SMILES string of the molecule is CN(Cc1ccccc1)C[C@H](CC(=O)OC(C)(C)C)NC(=O)OC(C)(C)C. The molecule has 0 aromatic heterocycles. The van der Waals surface area contributed by atoms with Crippen LogP contribution in [0.4, 0.5) is 4.79 Å². The number of likely N-dealkylation sites (N-methyl/N-ethyl adjacent to an activating group) is 1. The van der Waals surface area contributed by atoms with Gasteiger partial charge in [0.2, 0.25) is 0 Å². The lowest BCUT2D eigenvalue weighted by atomic mass is 10.1. The Kier molecular flexibility index (Phi) is 8.28. The van der Waals surface area contributed by atoms with Crippen molar-refractivity contribution in [1.29, 1.82) is 0 Å². The van der Waals surface area contributed by atoms with E-state index in [9.17, 15) is 9.59 Å². The van der Waals surface area contributed by atoms with Crippen LogP contribution in [-0.4, -0.2) is 47.8 Å². The molecule has 1 N–H and O–H groups in total. The standard InChI is InChI=1S/C21H34N2O4/c1-20(2,3)26-18(24)13-17(22-19(25)27-21(4,5)6)15-23(7)14-16-11-9-8-10-12-16/h8-12,17H,13-15H2,1-7H3,(H,22,25)/t17-/m0/s1. The van der Waals surface area contributed by atoms with E-state index < -0.39 is 23.3 Å². The van der Waals surface area contributed by atoms with Gasteiger partial charge in [-0.1, -0.05) is 30.3 Å². The number of ether oxygens (including phenoxy) is 2. The van der Waals surface area contributed by atoms with Gasteiger partial charge in [0.25, 0.3) is 0 Å². The Morgan fingerprint density at radius 2 is 1.56 bits per heavy atom. The number of carbonyl (C=O) groups excluding carboxylic acids is 2. The molecule has 1 amide bonds. The van der Waals surface area contributed by atoms with E-state index in [4.69, 9.17) is 9.47 Å². The molecule has 0 unspecified atom stereocenters. The molecule has 0 saturated heterocycles. The van der Waals surface area contributed by atoms with Crippen LogP contribution in [0.2, 0.25) is 0 Å². The van der Waals surface area contributed by atoms with E-state index in [1.165, 1.54) is 0 Å². The van der Waals surface area contributed by atoms with Gasteiger partial charge in [0, 0.05) is 13.1 Å². The predicted octanol–water partition coefficient (Wildman–Crippen LogP) is 3.74. The summed E-state index contributed by atoms with van der Waals surface area (Å²) in [5.74, 6) is -0.350. The highest BCUT2D eigenvalue weighted by Crippen LogP contribution is 2.12. The fourth-order valence-corrected chi connectivity index (χ4v) is 2.56. The third-order valence-electron chi connectivity index (χ3n) is 3.38. The summed E-state index contributed by atoms with van der Waals surface area (Å²) in [7, 11) is 1.95. The molecule has 0 bridgehead atoms. The van der Waals surface area contributed by atoms with Crippen molar-refractivity contribution in [2.24, 2.45) is 0 Å². The molecule has 6 nitrogen and oxygen atoms in total. The number of amides is 1. The van der Waals surface area contributed by atoms with Crippen LogP contribution in [0.1, 0.15) is 53.5 Å². The van der Waals surface area contributed by atoms with Crippen LogP contribution in [0.3, 0.4) is 0 Å². The van der Waals surface area contributed by atoms with Crippen LogP contribution in [-0.2, 0) is 20.8 Å². The molecule has 1 rings (SSSR count). The van der Waals surface area contributed by atoms with E-state index in [0.717, 1.165) is 5.56 Å². The van der Waals surface area contributed by atoms with E-state index in [1.54, 1.807) is 20.8 Å². The highest BCUT2D eigenvalue weighted by atomic mass is 16.6. The molecule has 6 heteroatoms. The third kappa shape index (κ3) is 11.3. The summed E-state index contributed by atoms with van der Waals surface area (Å²) in [4.78, 5) is 26.5. The lowest BCUT2D eigenvalue weighted by Crippen LogP contribution is -2.46. The van der Waals surface area contributed by atoms with Gasteiger partial charge < -0.3 is 19.7 Å².